The molecule has 0 aromatic heterocycles. The molecule has 0 aliphatic carbocycles. The number of nitrogens with zero attached hydrogens (tertiary/aromatic N) is 3. The lowest BCUT2D eigenvalue weighted by Crippen LogP contribution is -2.56. The first-order valence-electron chi connectivity index (χ1n) is 12.0. The number of alkyl halides is 3. The van der Waals surface area contributed by atoms with Crippen LogP contribution in [-0.4, -0.2) is 96.2 Å². The smallest absolute Gasteiger partial charge is 0.490 e. The quantitative estimate of drug-likeness (QED) is 0.666. The normalized spacial score (nSPS) is 23.5. The Bertz CT molecular complexity index is 976. The van der Waals surface area contributed by atoms with Gasteiger partial charge in [0, 0.05) is 51.3 Å². The van der Waals surface area contributed by atoms with Gasteiger partial charge in [0.2, 0.25) is 5.91 Å². The molecule has 1 aromatic carbocycles. The van der Waals surface area contributed by atoms with Gasteiger partial charge in [0.25, 0.3) is 5.91 Å². The summed E-state index contributed by atoms with van der Waals surface area (Å²) in [6.07, 6.45) is -3.36. The van der Waals surface area contributed by atoms with E-state index in [0.29, 0.717) is 42.1 Å². The zero-order valence-electron chi connectivity index (χ0n) is 21.0. The van der Waals surface area contributed by atoms with E-state index in [9.17, 15) is 22.8 Å². The number of hydrogen-bond donors (Lipinski definition) is 1. The zero-order chi connectivity index (χ0) is 26.8. The maximum atomic E-state index is 13.0. The highest BCUT2D eigenvalue weighted by Crippen LogP contribution is 2.49. The first kappa shape index (κ1) is 27.8. The summed E-state index contributed by atoms with van der Waals surface area (Å²) in [6.45, 7) is 8.81. The maximum absolute atomic E-state index is 13.0. The van der Waals surface area contributed by atoms with E-state index in [4.69, 9.17) is 14.6 Å². The fourth-order valence-corrected chi connectivity index (χ4v) is 5.80. The van der Waals surface area contributed by atoms with Gasteiger partial charge in [-0.25, -0.2) is 4.79 Å². The van der Waals surface area contributed by atoms with Crippen LogP contribution >= 0.6 is 0 Å². The second-order valence-corrected chi connectivity index (χ2v) is 10.2. The van der Waals surface area contributed by atoms with Crippen molar-refractivity contribution in [3.05, 3.63) is 29.8 Å². The van der Waals surface area contributed by atoms with Gasteiger partial charge in [-0.3, -0.25) is 9.59 Å². The number of amides is 2. The van der Waals surface area contributed by atoms with Crippen molar-refractivity contribution in [1.82, 2.24) is 14.7 Å². The number of rotatable bonds is 4. The number of aliphatic carboxylic acids is 1. The lowest BCUT2D eigenvalue weighted by molar-refractivity contribution is -0.192. The zero-order valence-corrected chi connectivity index (χ0v) is 21.0. The lowest BCUT2D eigenvalue weighted by Gasteiger charge is -2.46. The number of carbonyl (C=O) groups is 3. The summed E-state index contributed by atoms with van der Waals surface area (Å²) in [5.41, 5.74) is 0.566. The van der Waals surface area contributed by atoms with E-state index in [1.165, 1.54) is 0 Å². The molecule has 11 heteroatoms. The summed E-state index contributed by atoms with van der Waals surface area (Å²) in [5.74, 6) is -0.590. The molecule has 1 spiro atoms. The lowest BCUT2D eigenvalue weighted by atomic mass is 9.75. The number of benzene rings is 1. The molecule has 1 N–H and O–H groups in total. The monoisotopic (exact) mass is 513 g/mol. The fourth-order valence-electron chi connectivity index (χ4n) is 5.80. The maximum Gasteiger partial charge on any atom is 0.490 e. The van der Waals surface area contributed by atoms with Crippen LogP contribution in [0.2, 0.25) is 0 Å². The van der Waals surface area contributed by atoms with Crippen LogP contribution in [0.15, 0.2) is 24.3 Å². The van der Waals surface area contributed by atoms with Crippen LogP contribution in [0, 0.1) is 17.8 Å². The van der Waals surface area contributed by atoms with Crippen LogP contribution in [0.3, 0.4) is 0 Å². The minimum atomic E-state index is -5.08. The molecule has 0 unspecified atom stereocenters. The van der Waals surface area contributed by atoms with Crippen molar-refractivity contribution in [2.75, 3.05) is 46.9 Å². The first-order valence-corrected chi connectivity index (χ1v) is 12.0. The Balaban J connectivity index is 0.000000454. The van der Waals surface area contributed by atoms with E-state index in [-0.39, 0.29) is 17.4 Å². The molecule has 3 aliphatic rings. The molecule has 8 nitrogen and oxygen atoms in total. The SMILES string of the molecule is COc1cccc(C(=O)N2CCC3(CC2)[C@@H]2CN(CC(C)C)C[C@@H]2C(=O)N3C)c1.O=C(O)C(F)(F)F. The van der Waals surface area contributed by atoms with Crippen LogP contribution in [-0.2, 0) is 9.59 Å². The Morgan fingerprint density at radius 2 is 1.81 bits per heavy atom. The summed E-state index contributed by atoms with van der Waals surface area (Å²) < 4.78 is 37.0. The number of carbonyl (C=O) groups excluding carboxylic acids is 2. The number of ether oxygens (including phenoxy) is 1. The first-order chi connectivity index (χ1) is 16.8. The summed E-state index contributed by atoms with van der Waals surface area (Å²) in [6, 6.07) is 7.35. The second kappa shape index (κ2) is 10.7. The van der Waals surface area contributed by atoms with Gasteiger partial charge in [0.1, 0.15) is 5.75 Å². The molecule has 0 bridgehead atoms. The van der Waals surface area contributed by atoms with Gasteiger partial charge in [-0.1, -0.05) is 19.9 Å². The predicted octanol–water partition coefficient (Wildman–Crippen LogP) is 2.98. The Morgan fingerprint density at radius 1 is 1.19 bits per heavy atom. The third-order valence-electron chi connectivity index (χ3n) is 7.50. The van der Waals surface area contributed by atoms with Gasteiger partial charge in [-0.2, -0.15) is 13.2 Å². The number of piperidine rings is 1. The van der Waals surface area contributed by atoms with Gasteiger partial charge in [-0.05, 0) is 37.0 Å². The van der Waals surface area contributed by atoms with E-state index in [1.807, 2.05) is 35.0 Å². The molecule has 3 saturated heterocycles. The molecule has 200 valence electrons. The van der Waals surface area contributed by atoms with Crippen molar-refractivity contribution in [2.24, 2.45) is 17.8 Å². The Labute approximate surface area is 209 Å². The summed E-state index contributed by atoms with van der Waals surface area (Å²) in [5, 5.41) is 7.12. The summed E-state index contributed by atoms with van der Waals surface area (Å²) in [4.78, 5) is 41.3. The van der Waals surface area contributed by atoms with E-state index in [0.717, 1.165) is 32.5 Å². The van der Waals surface area contributed by atoms with E-state index >= 15 is 0 Å². The Hall–Kier alpha value is -2.82. The molecular formula is C25H34F3N3O5. The van der Waals surface area contributed by atoms with Crippen molar-refractivity contribution in [1.29, 1.82) is 0 Å². The van der Waals surface area contributed by atoms with Crippen molar-refractivity contribution < 1.29 is 37.4 Å². The van der Waals surface area contributed by atoms with Gasteiger partial charge in [-0.15, -0.1) is 0 Å². The largest absolute Gasteiger partial charge is 0.497 e. The molecule has 36 heavy (non-hydrogen) atoms. The molecule has 0 saturated carbocycles. The minimum Gasteiger partial charge on any atom is -0.497 e. The number of methoxy groups -OCH3 is 1. The van der Waals surface area contributed by atoms with E-state index in [2.05, 4.69) is 18.7 Å². The summed E-state index contributed by atoms with van der Waals surface area (Å²) in [7, 11) is 3.59. The molecular weight excluding hydrogens is 479 g/mol. The van der Waals surface area contributed by atoms with Gasteiger partial charge in [0.05, 0.1) is 18.6 Å². The molecule has 0 radical (unpaired) electrons. The fraction of sp³-hybridized carbons (Fsp3) is 0.640. The van der Waals surface area contributed by atoms with Crippen LogP contribution in [0.1, 0.15) is 37.0 Å². The molecule has 3 fully saturated rings. The van der Waals surface area contributed by atoms with Crippen LogP contribution in [0.5, 0.6) is 5.75 Å². The standard InChI is InChI=1S/C23H33N3O3.C2HF3O2/c1-16(2)13-25-14-19-20(15-25)23(24(3)22(19)28)8-10-26(11-9-23)21(27)17-6-5-7-18(12-17)29-4;3-2(4,5)1(6)7/h5-7,12,16,19-20H,8-11,13-15H2,1-4H3;(H,6,7)/t19-,20+;/m0./s1. The number of carboxylic acid groups (broad SMARTS) is 1. The third kappa shape index (κ3) is 5.61. The van der Waals surface area contributed by atoms with Crippen molar-refractivity contribution in [3.8, 4) is 5.75 Å². The number of fused-ring (bicyclic) bond motifs is 2. The number of carboxylic acids is 1. The summed E-state index contributed by atoms with van der Waals surface area (Å²) >= 11 is 0. The molecule has 3 aliphatic heterocycles. The van der Waals surface area contributed by atoms with E-state index in [1.54, 1.807) is 13.2 Å². The number of likely N-dealkylation sites (tertiary alicyclic amines) is 3. The highest BCUT2D eigenvalue weighted by molar-refractivity contribution is 5.94. The molecule has 2 atom stereocenters. The number of hydrogen-bond acceptors (Lipinski definition) is 5. The third-order valence-corrected chi connectivity index (χ3v) is 7.50. The Kier molecular flexibility index (Phi) is 8.22. The average molecular weight is 514 g/mol. The predicted molar refractivity (Wildman–Crippen MR) is 126 cm³/mol. The van der Waals surface area contributed by atoms with Crippen molar-refractivity contribution in [2.45, 2.75) is 38.4 Å². The molecule has 1 aromatic rings. The van der Waals surface area contributed by atoms with Gasteiger partial charge in [0.15, 0.2) is 0 Å². The highest BCUT2D eigenvalue weighted by Gasteiger charge is 2.60. The van der Waals surface area contributed by atoms with E-state index < -0.39 is 12.1 Å². The highest BCUT2D eigenvalue weighted by atomic mass is 19.4. The minimum absolute atomic E-state index is 0.0510. The topological polar surface area (TPSA) is 90.4 Å². The Morgan fingerprint density at radius 3 is 2.33 bits per heavy atom. The van der Waals surface area contributed by atoms with Crippen LogP contribution in [0.25, 0.3) is 0 Å². The van der Waals surface area contributed by atoms with Crippen LogP contribution in [0.4, 0.5) is 13.2 Å². The van der Waals surface area contributed by atoms with Crippen LogP contribution < -0.4 is 4.74 Å². The average Bonchev–Trinajstić information content (AvgIpc) is 3.32. The van der Waals surface area contributed by atoms with Gasteiger partial charge >= 0.3 is 12.1 Å². The van der Waals surface area contributed by atoms with Crippen molar-refractivity contribution >= 4 is 17.8 Å². The molecule has 4 rings (SSSR count). The molecule has 3 heterocycles. The second-order valence-electron chi connectivity index (χ2n) is 10.2. The molecule has 2 amide bonds. The number of halogens is 3. The van der Waals surface area contributed by atoms with Crippen molar-refractivity contribution in [3.63, 3.8) is 0 Å². The van der Waals surface area contributed by atoms with Gasteiger partial charge < -0.3 is 24.5 Å².